The van der Waals surface area contributed by atoms with E-state index in [1.165, 1.54) is 21.2 Å². The van der Waals surface area contributed by atoms with Crippen LogP contribution in [-0.4, -0.2) is 48.4 Å². The first-order valence-corrected chi connectivity index (χ1v) is 14.3. The van der Waals surface area contributed by atoms with E-state index >= 15 is 0 Å². The molecule has 2 aliphatic heterocycles. The van der Waals surface area contributed by atoms with Crippen molar-refractivity contribution in [2.75, 3.05) is 36.5 Å². The third kappa shape index (κ3) is 4.80. The average Bonchev–Trinajstić information content (AvgIpc) is 3.43. The summed E-state index contributed by atoms with van der Waals surface area (Å²) in [6.45, 7) is 6.46. The van der Waals surface area contributed by atoms with E-state index in [1.807, 2.05) is 37.4 Å². The molecule has 0 fully saturated rings. The number of hydrogen-bond donors (Lipinski definition) is 1. The summed E-state index contributed by atoms with van der Waals surface area (Å²) in [5.74, 6) is -1.04. The number of benzene rings is 2. The van der Waals surface area contributed by atoms with E-state index in [0.29, 0.717) is 13.0 Å². The summed E-state index contributed by atoms with van der Waals surface area (Å²) < 4.78 is 0. The molecular formula is C29H31N3O3S2. The Morgan fingerprint density at radius 1 is 0.973 bits per heavy atom. The fraction of sp³-hybridized carbons (Fsp3) is 0.310. The Bertz CT molecular complexity index is 1330. The number of ketones is 1. The van der Waals surface area contributed by atoms with Crippen LogP contribution in [0.1, 0.15) is 26.7 Å². The smallest absolute Gasteiger partial charge is 0.303 e. The van der Waals surface area contributed by atoms with Gasteiger partial charge < -0.3 is 19.8 Å². The van der Waals surface area contributed by atoms with Crippen molar-refractivity contribution in [3.8, 4) is 0 Å². The standard InChI is InChI=1S/C29H31N3O3S2/c1-4-31-21-11-6-8-13-23(21)36-25(31)17-19-28(30(3)16-10-15-27(33)34)20(29(19)35)18-26-32(5-2)22-12-7-9-14-24(22)37-26/h6-9,11-14,17-19H,4-5,10,15-16H2,1-3H3,(H,33,34). The van der Waals surface area contributed by atoms with Crippen molar-refractivity contribution in [1.82, 2.24) is 4.90 Å². The number of hydrogen-bond acceptors (Lipinski definition) is 7. The van der Waals surface area contributed by atoms with E-state index in [1.54, 1.807) is 23.5 Å². The summed E-state index contributed by atoms with van der Waals surface area (Å²) in [6.07, 6.45) is 4.76. The van der Waals surface area contributed by atoms with Gasteiger partial charge in [0.15, 0.2) is 5.78 Å². The van der Waals surface area contributed by atoms with E-state index in [0.717, 1.165) is 34.4 Å². The second-order valence-electron chi connectivity index (χ2n) is 9.18. The van der Waals surface area contributed by atoms with Crippen LogP contribution in [-0.2, 0) is 9.59 Å². The molecule has 8 heteroatoms. The highest BCUT2D eigenvalue weighted by Crippen LogP contribution is 2.50. The van der Waals surface area contributed by atoms with Gasteiger partial charge in [0.1, 0.15) is 0 Å². The van der Waals surface area contributed by atoms with Gasteiger partial charge >= 0.3 is 5.97 Å². The number of allylic oxidation sites excluding steroid dienone is 3. The molecule has 1 unspecified atom stereocenters. The van der Waals surface area contributed by atoms with Crippen LogP contribution in [0.2, 0.25) is 0 Å². The number of rotatable bonds is 9. The lowest BCUT2D eigenvalue weighted by Crippen LogP contribution is -2.39. The lowest BCUT2D eigenvalue weighted by atomic mass is 9.79. The van der Waals surface area contributed by atoms with Gasteiger partial charge in [0, 0.05) is 54.2 Å². The topological polar surface area (TPSA) is 64.1 Å². The Labute approximate surface area is 226 Å². The monoisotopic (exact) mass is 533 g/mol. The predicted molar refractivity (Wildman–Crippen MR) is 152 cm³/mol. The minimum atomic E-state index is -0.800. The largest absolute Gasteiger partial charge is 0.481 e. The molecular weight excluding hydrogens is 502 g/mol. The molecule has 192 valence electrons. The summed E-state index contributed by atoms with van der Waals surface area (Å²) in [7, 11) is 1.97. The summed E-state index contributed by atoms with van der Waals surface area (Å²) in [4.78, 5) is 33.7. The van der Waals surface area contributed by atoms with Gasteiger partial charge in [-0.05, 0) is 56.7 Å². The Morgan fingerprint density at radius 2 is 1.54 bits per heavy atom. The van der Waals surface area contributed by atoms with E-state index in [9.17, 15) is 9.59 Å². The second kappa shape index (κ2) is 10.7. The Hall–Kier alpha value is -3.10. The van der Waals surface area contributed by atoms with E-state index in [-0.39, 0.29) is 18.1 Å². The van der Waals surface area contributed by atoms with Crippen LogP contribution in [0.5, 0.6) is 0 Å². The molecule has 1 atom stereocenters. The van der Waals surface area contributed by atoms with E-state index in [2.05, 4.69) is 58.9 Å². The van der Waals surface area contributed by atoms with Crippen LogP contribution in [0.4, 0.5) is 11.4 Å². The number of nitrogens with zero attached hydrogens (tertiary/aromatic N) is 3. The van der Waals surface area contributed by atoms with Crippen molar-refractivity contribution in [3.05, 3.63) is 82.0 Å². The first-order chi connectivity index (χ1) is 17.9. The van der Waals surface area contributed by atoms with Gasteiger partial charge in [0.2, 0.25) is 0 Å². The number of carbonyl (C=O) groups excluding carboxylic acids is 1. The molecule has 2 aromatic carbocycles. The lowest BCUT2D eigenvalue weighted by Gasteiger charge is -2.37. The fourth-order valence-electron chi connectivity index (χ4n) is 5.09. The molecule has 0 saturated carbocycles. The van der Waals surface area contributed by atoms with E-state index < -0.39 is 5.97 Å². The molecule has 0 amide bonds. The van der Waals surface area contributed by atoms with E-state index in [4.69, 9.17) is 5.11 Å². The number of Topliss-reactive ketones (excluding diaryl/α,β-unsaturated/α-hetero) is 1. The van der Waals surface area contributed by atoms with Gasteiger partial charge in [-0.15, -0.1) is 0 Å². The molecule has 0 bridgehead atoms. The van der Waals surface area contributed by atoms with Crippen molar-refractivity contribution < 1.29 is 14.7 Å². The highest BCUT2D eigenvalue weighted by atomic mass is 32.2. The van der Waals surface area contributed by atoms with Crippen molar-refractivity contribution in [2.24, 2.45) is 5.92 Å². The predicted octanol–water partition coefficient (Wildman–Crippen LogP) is 6.18. The van der Waals surface area contributed by atoms with Gasteiger partial charge in [-0.1, -0.05) is 47.8 Å². The highest BCUT2D eigenvalue weighted by molar-refractivity contribution is 8.04. The molecule has 3 aliphatic rings. The maximum absolute atomic E-state index is 13.6. The minimum Gasteiger partial charge on any atom is -0.481 e. The number of carbonyl (C=O) groups is 2. The quantitative estimate of drug-likeness (QED) is 0.410. The molecule has 0 aromatic heterocycles. The molecule has 5 rings (SSSR count). The number of anilines is 2. The van der Waals surface area contributed by atoms with Gasteiger partial charge in [0.05, 0.1) is 27.4 Å². The van der Waals surface area contributed by atoms with Crippen molar-refractivity contribution in [3.63, 3.8) is 0 Å². The minimum absolute atomic E-state index is 0.108. The number of carboxylic acid groups (broad SMARTS) is 1. The zero-order chi connectivity index (χ0) is 26.1. The number of thioether (sulfide) groups is 2. The number of aliphatic carboxylic acids is 1. The van der Waals surface area contributed by atoms with Crippen molar-refractivity contribution in [2.45, 2.75) is 36.5 Å². The highest BCUT2D eigenvalue weighted by Gasteiger charge is 2.41. The SMILES string of the molecule is CCN1C(=CC2=C(N(C)CCCC(=O)O)C(C=C3Sc4ccccc4N3CC)C2=O)Sc2ccccc21. The third-order valence-corrected chi connectivity index (χ3v) is 9.14. The second-order valence-corrected chi connectivity index (χ2v) is 11.3. The molecule has 37 heavy (non-hydrogen) atoms. The molecule has 2 aromatic rings. The molecule has 6 nitrogen and oxygen atoms in total. The molecule has 0 spiro atoms. The van der Waals surface area contributed by atoms with Gasteiger partial charge in [-0.25, -0.2) is 0 Å². The van der Waals surface area contributed by atoms with Crippen molar-refractivity contribution in [1.29, 1.82) is 0 Å². The number of para-hydroxylation sites is 2. The van der Waals surface area contributed by atoms with Gasteiger partial charge in [-0.2, -0.15) is 0 Å². The van der Waals surface area contributed by atoms with Crippen LogP contribution in [0.15, 0.2) is 91.8 Å². The lowest BCUT2D eigenvalue weighted by molar-refractivity contribution is -0.137. The maximum Gasteiger partial charge on any atom is 0.303 e. The maximum atomic E-state index is 13.6. The first kappa shape index (κ1) is 25.5. The Morgan fingerprint density at radius 3 is 2.14 bits per heavy atom. The zero-order valence-electron chi connectivity index (χ0n) is 21.3. The third-order valence-electron chi connectivity index (χ3n) is 6.90. The molecule has 1 aliphatic carbocycles. The van der Waals surface area contributed by atoms with Crippen LogP contribution >= 0.6 is 23.5 Å². The Kier molecular flexibility index (Phi) is 7.40. The normalized spacial score (nSPS) is 20.5. The van der Waals surface area contributed by atoms with Crippen molar-refractivity contribution >= 4 is 46.7 Å². The molecule has 2 heterocycles. The summed E-state index contributed by atoms with van der Waals surface area (Å²) in [5.41, 5.74) is 4.03. The summed E-state index contributed by atoms with van der Waals surface area (Å²) in [5, 5.41) is 11.2. The molecule has 1 N–H and O–H groups in total. The zero-order valence-corrected chi connectivity index (χ0v) is 22.9. The fourth-order valence-corrected chi connectivity index (χ4v) is 7.46. The first-order valence-electron chi connectivity index (χ1n) is 12.7. The number of fused-ring (bicyclic) bond motifs is 2. The average molecular weight is 534 g/mol. The molecule has 0 saturated heterocycles. The van der Waals surface area contributed by atoms with Crippen LogP contribution < -0.4 is 9.80 Å². The summed E-state index contributed by atoms with van der Waals surface area (Å²) in [6, 6.07) is 16.6. The Balaban J connectivity index is 1.49. The van der Waals surface area contributed by atoms with Crippen LogP contribution in [0.3, 0.4) is 0 Å². The van der Waals surface area contributed by atoms with Crippen LogP contribution in [0.25, 0.3) is 0 Å². The van der Waals surface area contributed by atoms with Crippen LogP contribution in [0, 0.1) is 5.92 Å². The molecule has 0 radical (unpaired) electrons. The van der Waals surface area contributed by atoms with Gasteiger partial charge in [0.25, 0.3) is 0 Å². The number of carboxylic acids is 1. The summed E-state index contributed by atoms with van der Waals surface area (Å²) >= 11 is 3.39. The van der Waals surface area contributed by atoms with Gasteiger partial charge in [-0.3, -0.25) is 9.59 Å².